The van der Waals surface area contributed by atoms with Crippen LogP contribution in [0.25, 0.3) is 0 Å². The van der Waals surface area contributed by atoms with Crippen molar-refractivity contribution < 1.29 is 13.3 Å². The van der Waals surface area contributed by atoms with Crippen LogP contribution < -0.4 is 10.5 Å². The highest BCUT2D eigenvalue weighted by Crippen LogP contribution is 2.35. The van der Waals surface area contributed by atoms with Crippen molar-refractivity contribution in [2.45, 2.75) is 34.8 Å². The van der Waals surface area contributed by atoms with Gasteiger partial charge < -0.3 is 5.73 Å². The summed E-state index contributed by atoms with van der Waals surface area (Å²) in [5.41, 5.74) is 5.11. The van der Waals surface area contributed by atoms with E-state index in [1.165, 1.54) is 0 Å². The predicted molar refractivity (Wildman–Crippen MR) is 80.6 cm³/mol. The molecule has 1 saturated carbocycles. The van der Waals surface area contributed by atoms with E-state index in [4.69, 9.17) is 5.73 Å². The Hall–Kier alpha value is -0.840. The lowest BCUT2D eigenvalue weighted by atomic mass is 10.3. The molecular formula is C10H15N3O4S3. The van der Waals surface area contributed by atoms with Crippen LogP contribution in [0.3, 0.4) is 0 Å². The van der Waals surface area contributed by atoms with E-state index in [1.807, 2.05) is 6.26 Å². The lowest BCUT2D eigenvalue weighted by molar-refractivity contribution is -0.383. The Morgan fingerprint density at radius 2 is 2.25 bits per heavy atom. The fraction of sp³-hybridized carbons (Fsp3) is 0.600. The standard InChI is InChI=1S/C10H15N3O4S3/c1-18-7-3-2-6(4-7)12-20(16,17)9-5-8(13(14)15)10(11)19-9/h5-7,12H,2-4,11H2,1H3. The van der Waals surface area contributed by atoms with Gasteiger partial charge in [0.05, 0.1) is 4.92 Å². The van der Waals surface area contributed by atoms with E-state index in [-0.39, 0.29) is 20.9 Å². The molecule has 2 atom stereocenters. The highest BCUT2D eigenvalue weighted by molar-refractivity contribution is 7.99. The van der Waals surface area contributed by atoms with Crippen LogP contribution >= 0.6 is 23.1 Å². The molecule has 2 rings (SSSR count). The molecule has 7 nitrogen and oxygen atoms in total. The van der Waals surface area contributed by atoms with Gasteiger partial charge in [0.2, 0.25) is 0 Å². The van der Waals surface area contributed by atoms with Gasteiger partial charge in [-0.3, -0.25) is 10.1 Å². The lowest BCUT2D eigenvalue weighted by Gasteiger charge is -2.11. The third kappa shape index (κ3) is 3.25. The van der Waals surface area contributed by atoms with Crippen molar-refractivity contribution in [3.8, 4) is 0 Å². The van der Waals surface area contributed by atoms with Crippen molar-refractivity contribution in [3.05, 3.63) is 16.2 Å². The van der Waals surface area contributed by atoms with Crippen LogP contribution in [-0.2, 0) is 10.0 Å². The topological polar surface area (TPSA) is 115 Å². The van der Waals surface area contributed by atoms with Crippen LogP contribution in [0.4, 0.5) is 10.7 Å². The van der Waals surface area contributed by atoms with Gasteiger partial charge in [-0.1, -0.05) is 11.3 Å². The Balaban J connectivity index is 2.15. The number of rotatable bonds is 5. The minimum absolute atomic E-state index is 0.0937. The first-order chi connectivity index (χ1) is 9.33. The number of nitrogens with one attached hydrogen (secondary N) is 1. The maximum Gasteiger partial charge on any atom is 0.304 e. The van der Waals surface area contributed by atoms with Gasteiger partial charge in [-0.05, 0) is 25.5 Å². The van der Waals surface area contributed by atoms with Crippen LogP contribution in [0.5, 0.6) is 0 Å². The molecule has 112 valence electrons. The fourth-order valence-electron chi connectivity index (χ4n) is 2.19. The molecule has 0 amide bonds. The van der Waals surface area contributed by atoms with Gasteiger partial charge in [0.15, 0.2) is 5.00 Å². The summed E-state index contributed by atoms with van der Waals surface area (Å²) in [5, 5.41) is 11.1. The highest BCUT2D eigenvalue weighted by Gasteiger charge is 2.30. The second-order valence-electron chi connectivity index (χ2n) is 4.56. The third-order valence-corrected chi connectivity index (χ3v) is 7.26. The van der Waals surface area contributed by atoms with Gasteiger partial charge >= 0.3 is 5.69 Å². The number of sulfonamides is 1. The maximum atomic E-state index is 12.2. The molecule has 1 aliphatic rings. The predicted octanol–water partition coefficient (Wildman–Crippen LogP) is 1.80. The quantitative estimate of drug-likeness (QED) is 0.625. The fourth-order valence-corrected chi connectivity index (χ4v) is 5.50. The number of anilines is 1. The Morgan fingerprint density at radius 1 is 1.55 bits per heavy atom. The molecule has 0 spiro atoms. The van der Waals surface area contributed by atoms with Crippen molar-refractivity contribution >= 4 is 43.8 Å². The molecule has 0 aliphatic heterocycles. The average Bonchev–Trinajstić information content (AvgIpc) is 2.95. The SMILES string of the molecule is CSC1CCC(NS(=O)(=O)c2cc([N+](=O)[O-])c(N)s2)C1. The molecule has 0 aromatic carbocycles. The Bertz CT molecular complexity index is 613. The highest BCUT2D eigenvalue weighted by atomic mass is 32.2. The first-order valence-corrected chi connectivity index (χ1v) is 9.51. The summed E-state index contributed by atoms with van der Waals surface area (Å²) in [5.74, 6) is 0. The number of thiophene rings is 1. The summed E-state index contributed by atoms with van der Waals surface area (Å²) < 4.78 is 26.9. The molecule has 2 unspecified atom stereocenters. The first kappa shape index (κ1) is 15.5. The summed E-state index contributed by atoms with van der Waals surface area (Å²) in [6.45, 7) is 0. The molecule has 0 radical (unpaired) electrons. The molecule has 1 aliphatic carbocycles. The van der Waals surface area contributed by atoms with Crippen LogP contribution in [0.15, 0.2) is 10.3 Å². The van der Waals surface area contributed by atoms with E-state index in [1.54, 1.807) is 11.8 Å². The Labute approximate surface area is 125 Å². The average molecular weight is 337 g/mol. The van der Waals surface area contributed by atoms with Crippen LogP contribution in [0, 0.1) is 10.1 Å². The van der Waals surface area contributed by atoms with E-state index in [2.05, 4.69) is 4.72 Å². The Morgan fingerprint density at radius 3 is 2.75 bits per heavy atom. The second-order valence-corrected chi connectivity index (χ2v) is 8.72. The van der Waals surface area contributed by atoms with E-state index in [0.29, 0.717) is 5.25 Å². The zero-order chi connectivity index (χ0) is 14.9. The summed E-state index contributed by atoms with van der Waals surface area (Å²) in [6.07, 6.45) is 4.54. The second kappa shape index (κ2) is 5.88. The zero-order valence-corrected chi connectivity index (χ0v) is 13.2. The van der Waals surface area contributed by atoms with Crippen molar-refractivity contribution in [3.63, 3.8) is 0 Å². The summed E-state index contributed by atoms with van der Waals surface area (Å²) in [6, 6.07) is 0.906. The van der Waals surface area contributed by atoms with E-state index in [0.717, 1.165) is 36.7 Å². The minimum Gasteiger partial charge on any atom is -0.385 e. The van der Waals surface area contributed by atoms with Crippen LogP contribution in [0.1, 0.15) is 19.3 Å². The summed E-state index contributed by atoms with van der Waals surface area (Å²) in [7, 11) is -3.74. The lowest BCUT2D eigenvalue weighted by Crippen LogP contribution is -2.32. The Kier molecular flexibility index (Phi) is 4.57. The third-order valence-electron chi connectivity index (χ3n) is 3.22. The van der Waals surface area contributed by atoms with Crippen molar-refractivity contribution in [1.82, 2.24) is 4.72 Å². The number of thioether (sulfide) groups is 1. The number of hydrogen-bond acceptors (Lipinski definition) is 7. The monoisotopic (exact) mass is 337 g/mol. The van der Waals surface area contributed by atoms with Gasteiger partial charge in [0.1, 0.15) is 4.21 Å². The molecule has 20 heavy (non-hydrogen) atoms. The largest absolute Gasteiger partial charge is 0.385 e. The van der Waals surface area contributed by atoms with E-state index in [9.17, 15) is 18.5 Å². The van der Waals surface area contributed by atoms with Gasteiger partial charge in [-0.25, -0.2) is 13.1 Å². The van der Waals surface area contributed by atoms with Crippen molar-refractivity contribution in [1.29, 1.82) is 0 Å². The van der Waals surface area contributed by atoms with Gasteiger partial charge in [-0.2, -0.15) is 11.8 Å². The molecule has 0 bridgehead atoms. The number of nitro groups is 1. The molecule has 1 aromatic rings. The van der Waals surface area contributed by atoms with Gasteiger partial charge in [0, 0.05) is 17.4 Å². The van der Waals surface area contributed by atoms with Crippen LogP contribution in [0.2, 0.25) is 0 Å². The van der Waals surface area contributed by atoms with E-state index < -0.39 is 14.9 Å². The number of hydrogen-bond donors (Lipinski definition) is 2. The minimum atomic E-state index is -3.74. The smallest absolute Gasteiger partial charge is 0.304 e. The molecule has 10 heteroatoms. The number of nitrogens with zero attached hydrogens (tertiary/aromatic N) is 1. The molecule has 3 N–H and O–H groups in total. The van der Waals surface area contributed by atoms with Crippen LogP contribution in [-0.4, -0.2) is 30.9 Å². The summed E-state index contributed by atoms with van der Waals surface area (Å²) >= 11 is 2.45. The van der Waals surface area contributed by atoms with Gasteiger partial charge in [0.25, 0.3) is 10.0 Å². The maximum absolute atomic E-state index is 12.2. The molecule has 1 heterocycles. The number of nitrogen functional groups attached to an aromatic ring is 1. The molecule has 1 fully saturated rings. The molecular weight excluding hydrogens is 322 g/mol. The zero-order valence-electron chi connectivity index (χ0n) is 10.7. The van der Waals surface area contributed by atoms with Crippen molar-refractivity contribution in [2.75, 3.05) is 12.0 Å². The molecule has 0 saturated heterocycles. The molecule has 1 aromatic heterocycles. The van der Waals surface area contributed by atoms with E-state index >= 15 is 0 Å². The van der Waals surface area contributed by atoms with Gasteiger partial charge in [-0.15, -0.1) is 0 Å². The normalized spacial score (nSPS) is 23.1. The summed E-state index contributed by atoms with van der Waals surface area (Å²) in [4.78, 5) is 10.0. The number of nitrogens with two attached hydrogens (primary N) is 1. The van der Waals surface area contributed by atoms with Crippen molar-refractivity contribution in [2.24, 2.45) is 0 Å². The first-order valence-electron chi connectivity index (χ1n) is 5.92.